The van der Waals surface area contributed by atoms with Crippen LogP contribution in [0.3, 0.4) is 0 Å². The standard InChI is InChI=1S/C86H56N6/c1-7-21-55(22-8-1)67-43-47-69(59-25-11-3-12-26-59)77(53-67)85-89-81(61-29-15-5-16-30-61)87-83(91-85)63-39-35-57(36-40-63)65-45-49-73-75(51-65)79-71-33-19-20-34-72(71)80(73)76-52-66(46-50-74(76)79)58-37-41-64(42-38-58)84-88-82(62-31-17-6-18-32-62)90-86(92-84)78-54-68(56-23-9-2-10-24-56)44-48-70(78)60-27-13-4-14-28-60/h1-54,79-80H. The minimum Gasteiger partial charge on any atom is -0.208 e. The summed E-state index contributed by atoms with van der Waals surface area (Å²) in [5.41, 5.74) is 27.1. The highest BCUT2D eigenvalue weighted by molar-refractivity contribution is 5.88. The number of rotatable bonds is 12. The molecule has 2 aromatic heterocycles. The van der Waals surface area contributed by atoms with Crippen LogP contribution in [0.15, 0.2) is 328 Å². The molecule has 6 nitrogen and oxygen atoms in total. The molecule has 18 rings (SSSR count). The summed E-state index contributed by atoms with van der Waals surface area (Å²) < 4.78 is 0. The summed E-state index contributed by atoms with van der Waals surface area (Å²) in [4.78, 5) is 31.4. The van der Waals surface area contributed by atoms with Crippen LogP contribution in [0.1, 0.15) is 45.2 Å². The zero-order valence-electron chi connectivity index (χ0n) is 50.0. The molecule has 0 saturated carbocycles. The van der Waals surface area contributed by atoms with E-state index in [1.165, 1.54) is 44.5 Å². The summed E-state index contributed by atoms with van der Waals surface area (Å²) >= 11 is 0. The maximum absolute atomic E-state index is 5.31. The lowest BCUT2D eigenvalue weighted by Crippen LogP contribution is -2.27. The number of hydrogen-bond donors (Lipinski definition) is 0. The average Bonchev–Trinajstić information content (AvgIpc) is 0.731. The molecule has 2 unspecified atom stereocenters. The molecule has 6 heteroatoms. The zero-order chi connectivity index (χ0) is 60.9. The molecule has 3 aliphatic rings. The molecule has 15 aromatic rings. The topological polar surface area (TPSA) is 77.3 Å². The average molecular weight is 1170 g/mol. The van der Waals surface area contributed by atoms with Crippen LogP contribution in [-0.2, 0) is 0 Å². The fourth-order valence-electron chi connectivity index (χ4n) is 13.7. The third-order valence-corrected chi connectivity index (χ3v) is 18.2. The third-order valence-electron chi connectivity index (χ3n) is 18.2. The van der Waals surface area contributed by atoms with Crippen LogP contribution in [0.4, 0.5) is 0 Å². The third kappa shape index (κ3) is 9.97. The van der Waals surface area contributed by atoms with E-state index >= 15 is 0 Å². The Morgan fingerprint density at radius 2 is 0.370 bits per heavy atom. The van der Waals surface area contributed by atoms with Crippen LogP contribution >= 0.6 is 0 Å². The van der Waals surface area contributed by atoms with Crippen molar-refractivity contribution in [3.05, 3.63) is 361 Å². The number of aromatic nitrogens is 6. The molecule has 92 heavy (non-hydrogen) atoms. The van der Waals surface area contributed by atoms with Crippen molar-refractivity contribution in [2.45, 2.75) is 11.8 Å². The van der Waals surface area contributed by atoms with Gasteiger partial charge in [0.2, 0.25) is 0 Å². The van der Waals surface area contributed by atoms with Gasteiger partial charge in [-0.05, 0) is 124 Å². The van der Waals surface area contributed by atoms with E-state index in [9.17, 15) is 0 Å². The van der Waals surface area contributed by atoms with E-state index in [4.69, 9.17) is 29.9 Å². The van der Waals surface area contributed by atoms with E-state index in [1.807, 2.05) is 60.7 Å². The van der Waals surface area contributed by atoms with Crippen LogP contribution in [0.2, 0.25) is 0 Å². The first-order chi connectivity index (χ1) is 45.6. The Bertz CT molecular complexity index is 4900. The molecule has 430 valence electrons. The molecule has 0 radical (unpaired) electrons. The molecular weight excluding hydrogens is 1120 g/mol. The quantitative estimate of drug-likeness (QED) is 0.121. The van der Waals surface area contributed by atoms with E-state index < -0.39 is 0 Å². The van der Waals surface area contributed by atoms with Gasteiger partial charge < -0.3 is 0 Å². The Hall–Kier alpha value is -12.1. The normalized spacial score (nSPS) is 13.4. The minimum absolute atomic E-state index is 0.0886. The van der Waals surface area contributed by atoms with Gasteiger partial charge in [0.05, 0.1) is 0 Å². The Balaban J connectivity index is 0.698. The summed E-state index contributed by atoms with van der Waals surface area (Å²) in [7, 11) is 0. The van der Waals surface area contributed by atoms with Gasteiger partial charge in [0.15, 0.2) is 34.9 Å². The highest BCUT2D eigenvalue weighted by Gasteiger charge is 2.41. The van der Waals surface area contributed by atoms with Gasteiger partial charge in [-0.1, -0.05) is 303 Å². The fraction of sp³-hybridized carbons (Fsp3) is 0.0233. The molecule has 0 spiro atoms. The van der Waals surface area contributed by atoms with Gasteiger partial charge in [0.1, 0.15) is 0 Å². The van der Waals surface area contributed by atoms with Crippen LogP contribution in [-0.4, -0.2) is 29.9 Å². The molecule has 0 saturated heterocycles. The molecule has 0 aliphatic heterocycles. The Labute approximate surface area is 534 Å². The van der Waals surface area contributed by atoms with Crippen molar-refractivity contribution in [1.82, 2.24) is 29.9 Å². The van der Waals surface area contributed by atoms with E-state index in [-0.39, 0.29) is 11.8 Å². The van der Waals surface area contributed by atoms with Crippen molar-refractivity contribution in [1.29, 1.82) is 0 Å². The van der Waals surface area contributed by atoms with Crippen molar-refractivity contribution >= 4 is 0 Å². The Kier molecular flexibility index (Phi) is 13.6. The molecule has 2 bridgehead atoms. The van der Waals surface area contributed by atoms with Crippen LogP contribution in [0, 0.1) is 0 Å². The second kappa shape index (κ2) is 23.1. The molecule has 3 aliphatic carbocycles. The predicted molar refractivity (Wildman–Crippen MR) is 373 cm³/mol. The molecule has 13 aromatic carbocycles. The summed E-state index contributed by atoms with van der Waals surface area (Å²) in [6.45, 7) is 0. The first-order valence-electron chi connectivity index (χ1n) is 31.3. The SMILES string of the molecule is c1ccc(-c2ccc(-c3ccccc3)c(-c3nc(-c4ccccc4)nc(-c4ccc(-c5ccc6c(c5)C5c7ccccc7C6c6cc(-c7ccc(-c8nc(-c9ccccc9)nc(-c9cc(-c%10ccccc%10)ccc9-c9ccccc9)n8)cc7)ccc65)cc4)n3)c2)cc1. The Morgan fingerprint density at radius 1 is 0.141 bits per heavy atom. The number of nitrogens with zero attached hydrogens (tertiary/aromatic N) is 6. The van der Waals surface area contributed by atoms with Gasteiger partial charge in [-0.2, -0.15) is 0 Å². The van der Waals surface area contributed by atoms with Crippen molar-refractivity contribution in [2.24, 2.45) is 0 Å². The van der Waals surface area contributed by atoms with Crippen LogP contribution in [0.25, 0.3) is 135 Å². The smallest absolute Gasteiger partial charge is 0.164 e. The zero-order valence-corrected chi connectivity index (χ0v) is 50.0. The van der Waals surface area contributed by atoms with Crippen LogP contribution in [0.5, 0.6) is 0 Å². The monoisotopic (exact) mass is 1170 g/mol. The second-order valence-corrected chi connectivity index (χ2v) is 23.7. The van der Waals surface area contributed by atoms with Crippen molar-refractivity contribution < 1.29 is 0 Å². The molecule has 2 heterocycles. The van der Waals surface area contributed by atoms with Gasteiger partial charge >= 0.3 is 0 Å². The highest BCUT2D eigenvalue weighted by Crippen LogP contribution is 2.57. The molecule has 0 amide bonds. The molecule has 0 N–H and O–H groups in total. The van der Waals surface area contributed by atoms with E-state index in [0.717, 1.165) is 89.0 Å². The van der Waals surface area contributed by atoms with Gasteiger partial charge in [-0.3, -0.25) is 0 Å². The van der Waals surface area contributed by atoms with E-state index in [2.05, 4.69) is 267 Å². The van der Waals surface area contributed by atoms with Crippen molar-refractivity contribution in [2.75, 3.05) is 0 Å². The molecule has 0 fully saturated rings. The van der Waals surface area contributed by atoms with Gasteiger partial charge in [0.25, 0.3) is 0 Å². The molecular formula is C86H56N6. The first kappa shape index (κ1) is 54.1. The maximum Gasteiger partial charge on any atom is 0.164 e. The Morgan fingerprint density at radius 3 is 0.717 bits per heavy atom. The summed E-state index contributed by atoms with van der Waals surface area (Å²) in [5.74, 6) is 3.89. The van der Waals surface area contributed by atoms with Gasteiger partial charge in [-0.25, -0.2) is 29.9 Å². The van der Waals surface area contributed by atoms with E-state index in [0.29, 0.717) is 34.9 Å². The lowest BCUT2D eigenvalue weighted by atomic mass is 9.60. The van der Waals surface area contributed by atoms with Gasteiger partial charge in [0, 0.05) is 45.2 Å². The fourth-order valence-corrected chi connectivity index (χ4v) is 13.7. The lowest BCUT2D eigenvalue weighted by molar-refractivity contribution is 0.755. The van der Waals surface area contributed by atoms with Gasteiger partial charge in [-0.15, -0.1) is 0 Å². The minimum atomic E-state index is 0.0886. The first-order valence-corrected chi connectivity index (χ1v) is 31.3. The largest absolute Gasteiger partial charge is 0.208 e. The van der Waals surface area contributed by atoms with E-state index in [1.54, 1.807) is 0 Å². The predicted octanol–water partition coefficient (Wildman–Crippen LogP) is 21.0. The molecule has 2 atom stereocenters. The van der Waals surface area contributed by atoms with Crippen molar-refractivity contribution in [3.63, 3.8) is 0 Å². The summed E-state index contributed by atoms with van der Waals surface area (Å²) in [6.07, 6.45) is 0. The summed E-state index contributed by atoms with van der Waals surface area (Å²) in [6, 6.07) is 116. The second-order valence-electron chi connectivity index (χ2n) is 23.7. The number of hydrogen-bond acceptors (Lipinski definition) is 6. The highest BCUT2D eigenvalue weighted by atomic mass is 15.0. The summed E-state index contributed by atoms with van der Waals surface area (Å²) in [5, 5.41) is 0. The number of benzene rings is 13. The van der Waals surface area contributed by atoms with Crippen LogP contribution < -0.4 is 0 Å². The maximum atomic E-state index is 5.31. The lowest BCUT2D eigenvalue weighted by Gasteiger charge is -2.42. The van der Waals surface area contributed by atoms with Crippen molar-refractivity contribution in [3.8, 4) is 135 Å².